The van der Waals surface area contributed by atoms with Gasteiger partial charge in [-0.3, -0.25) is 0 Å². The average molecular weight is 656 g/mol. The van der Waals surface area contributed by atoms with E-state index in [4.69, 9.17) is 9.41 Å². The second kappa shape index (κ2) is 14.2. The first-order chi connectivity index (χ1) is 20.3. The predicted octanol–water partition coefficient (Wildman–Crippen LogP) is 4.53. The van der Waals surface area contributed by atoms with Gasteiger partial charge in [-0.25, -0.2) is 13.4 Å². The van der Waals surface area contributed by atoms with Crippen molar-refractivity contribution in [2.45, 2.75) is 64.1 Å². The molecule has 1 unspecified atom stereocenters. The lowest BCUT2D eigenvalue weighted by Crippen LogP contribution is -2.44. The molecule has 4 heterocycles. The van der Waals surface area contributed by atoms with Crippen LogP contribution in [0.3, 0.4) is 0 Å². The number of aromatic amines is 1. The quantitative estimate of drug-likeness (QED) is 0.178. The molecule has 1 saturated heterocycles. The zero-order chi connectivity index (χ0) is 31.4. The van der Waals surface area contributed by atoms with Crippen LogP contribution in [0.1, 0.15) is 64.8 Å². The molecule has 0 radical (unpaired) electrons. The highest BCUT2D eigenvalue weighted by atomic mass is 32.2. The Labute approximate surface area is 261 Å². The van der Waals surface area contributed by atoms with Crippen molar-refractivity contribution in [3.8, 4) is 5.75 Å². The molecule has 1 aliphatic rings. The number of piperazine rings is 1. The van der Waals surface area contributed by atoms with E-state index >= 15 is 0 Å². The Morgan fingerprint density at radius 3 is 2.60 bits per heavy atom. The number of aromatic nitrogens is 2. The summed E-state index contributed by atoms with van der Waals surface area (Å²) >= 11 is -0.877. The fourth-order valence-electron chi connectivity index (χ4n) is 5.08. The van der Waals surface area contributed by atoms with Crippen LogP contribution >= 0.6 is 22.5 Å². The maximum Gasteiger partial charge on any atom is 0.256 e. The molecule has 240 valence electrons. The number of sulfonamides is 1. The molecule has 0 aliphatic carbocycles. The Morgan fingerprint density at radius 1 is 1.26 bits per heavy atom. The number of hydrogen-bond acceptors (Lipinski definition) is 11. The molecule has 15 heteroatoms. The molecule has 3 aromatic rings. The zero-order valence-corrected chi connectivity index (χ0v) is 28.4. The number of unbranched alkanes of at least 4 members (excludes halogenated alkanes) is 1. The number of aryl methyl sites for hydroxylation is 1. The second-order valence-electron chi connectivity index (χ2n) is 12.0. The third kappa shape index (κ3) is 8.26. The molecule has 0 saturated carbocycles. The number of nitrogens with zero attached hydrogens (tertiary/aromatic N) is 5. The third-order valence-corrected chi connectivity index (χ3v) is 11.9. The van der Waals surface area contributed by atoms with Gasteiger partial charge in [0.15, 0.2) is 21.1 Å². The van der Waals surface area contributed by atoms with E-state index in [2.05, 4.69) is 30.9 Å². The molecule has 12 nitrogen and oxygen atoms in total. The van der Waals surface area contributed by atoms with Crippen LogP contribution in [0.25, 0.3) is 0 Å². The van der Waals surface area contributed by atoms with Gasteiger partial charge < -0.3 is 29.2 Å². The van der Waals surface area contributed by atoms with Crippen LogP contribution in [-0.2, 0) is 16.4 Å². The van der Waals surface area contributed by atoms with Crippen molar-refractivity contribution in [3.63, 3.8) is 0 Å². The summed E-state index contributed by atoms with van der Waals surface area (Å²) in [5, 5.41) is 15.2. The van der Waals surface area contributed by atoms with Crippen LogP contribution in [0.15, 0.2) is 31.3 Å². The van der Waals surface area contributed by atoms with Crippen molar-refractivity contribution in [3.05, 3.63) is 34.5 Å². The summed E-state index contributed by atoms with van der Waals surface area (Å²) < 4.78 is 52.4. The Hall–Kier alpha value is -2.27. The normalized spacial score (nSPS) is 17.2. The lowest BCUT2D eigenvalue weighted by Gasteiger charge is -2.32. The summed E-state index contributed by atoms with van der Waals surface area (Å²) in [4.78, 5) is 9.76. The number of thiophene rings is 1. The van der Waals surface area contributed by atoms with Gasteiger partial charge in [-0.2, -0.15) is 4.31 Å². The molecule has 3 N–H and O–H groups in total. The van der Waals surface area contributed by atoms with Crippen molar-refractivity contribution in [2.24, 2.45) is 10.4 Å². The summed E-state index contributed by atoms with van der Waals surface area (Å²) in [6.45, 7) is 15.8. The van der Waals surface area contributed by atoms with Crippen molar-refractivity contribution in [1.82, 2.24) is 22.9 Å². The average Bonchev–Trinajstić information content (AvgIpc) is 3.65. The van der Waals surface area contributed by atoms with Gasteiger partial charge in [0.25, 0.3) is 10.0 Å². The summed E-state index contributed by atoms with van der Waals surface area (Å²) in [6, 6.07) is 1.62. The minimum atomic E-state index is -3.86. The maximum atomic E-state index is 13.0. The molecule has 1 fully saturated rings. The molecule has 0 spiro atoms. The fourth-order valence-corrected chi connectivity index (χ4v) is 8.57. The summed E-state index contributed by atoms with van der Waals surface area (Å²) in [5.41, 5.74) is 1.15. The van der Waals surface area contributed by atoms with Gasteiger partial charge >= 0.3 is 0 Å². The van der Waals surface area contributed by atoms with Crippen LogP contribution in [0, 0.1) is 5.41 Å². The zero-order valence-electron chi connectivity index (χ0n) is 25.9. The minimum absolute atomic E-state index is 0.142. The first-order valence-corrected chi connectivity index (χ1v) is 18.2. The summed E-state index contributed by atoms with van der Waals surface area (Å²) in [7, 11) is -1.69. The molecular weight excluding hydrogens is 611 g/mol. The number of rotatable bonds is 13. The van der Waals surface area contributed by atoms with Crippen LogP contribution < -0.4 is 10.8 Å². The second-order valence-corrected chi connectivity index (χ2v) is 15.9. The summed E-state index contributed by atoms with van der Waals surface area (Å²) in [6.07, 6.45) is 4.90. The molecule has 1 aliphatic heterocycles. The van der Waals surface area contributed by atoms with E-state index in [1.54, 1.807) is 20.1 Å². The van der Waals surface area contributed by atoms with Gasteiger partial charge in [0, 0.05) is 49.0 Å². The van der Waals surface area contributed by atoms with Crippen molar-refractivity contribution in [1.29, 1.82) is 0 Å². The molecule has 0 amide bonds. The van der Waals surface area contributed by atoms with Gasteiger partial charge in [0.05, 0.1) is 12.0 Å². The van der Waals surface area contributed by atoms with Crippen molar-refractivity contribution < 1.29 is 22.5 Å². The maximum absolute atomic E-state index is 13.0. The van der Waals surface area contributed by atoms with Gasteiger partial charge in [-0.05, 0) is 49.9 Å². The molecular formula is C28H45N7O5S3. The van der Waals surface area contributed by atoms with Gasteiger partial charge in [-0.15, -0.1) is 15.7 Å². The van der Waals surface area contributed by atoms with Gasteiger partial charge in [0.1, 0.15) is 11.8 Å². The van der Waals surface area contributed by atoms with Crippen LogP contribution in [0.5, 0.6) is 5.75 Å². The number of hydrogen-bond donors (Lipinski definition) is 3. The molecule has 2 atom stereocenters. The lowest BCUT2D eigenvalue weighted by molar-refractivity contribution is 0.152. The van der Waals surface area contributed by atoms with Gasteiger partial charge in [0.2, 0.25) is 11.3 Å². The predicted molar refractivity (Wildman–Crippen MR) is 170 cm³/mol. The van der Waals surface area contributed by atoms with Crippen LogP contribution in [-0.4, -0.2) is 93.8 Å². The van der Waals surface area contributed by atoms with E-state index in [0.29, 0.717) is 5.76 Å². The standard InChI is InChI=1S/C28H45N7O5S3/c1-7-35(8-2)43(38,39)27-23(36)21(19-41-27)29-25-26(32-42(37)31-25)30-24(28(3,4)5)22-17-20(18-40-22)11-9-10-12-34-15-13-33(6)14-16-34/h17-19,24,36H,7-16H2,1-6H3,(H,29,31)(H,30,32)/t24-,42?/m0/s1. The molecule has 0 aromatic carbocycles. The third-order valence-electron chi connectivity index (χ3n) is 7.66. The fraction of sp³-hybridized carbons (Fsp3) is 0.643. The van der Waals surface area contributed by atoms with Crippen molar-refractivity contribution in [2.75, 3.05) is 58.2 Å². The van der Waals surface area contributed by atoms with Gasteiger partial charge in [-0.1, -0.05) is 34.6 Å². The SMILES string of the molecule is CCN(CC)S(=O)(=O)c1scc(Nc2n[s+]([O-])[nH]c2=N[C@@H](c2cc(CCCCN3CCN(C)CC3)co2)C(C)(C)C)c1O. The van der Waals surface area contributed by atoms with E-state index in [-0.39, 0.29) is 39.7 Å². The number of likely N-dealkylation sites (N-methyl/N-ethyl adjacent to an activating group) is 1. The molecule has 0 bridgehead atoms. The smallest absolute Gasteiger partial charge is 0.256 e. The summed E-state index contributed by atoms with van der Waals surface area (Å²) in [5.74, 6) is 0.425. The van der Waals surface area contributed by atoms with Crippen LogP contribution in [0.4, 0.5) is 11.5 Å². The topological polar surface area (TPSA) is 153 Å². The first-order valence-electron chi connectivity index (χ1n) is 14.7. The van der Waals surface area contributed by atoms with E-state index in [1.165, 1.54) is 9.69 Å². The highest BCUT2D eigenvalue weighted by Crippen LogP contribution is 2.41. The molecule has 43 heavy (non-hydrogen) atoms. The molecule has 3 aromatic heterocycles. The van der Waals surface area contributed by atoms with E-state index in [0.717, 1.165) is 68.9 Å². The minimum Gasteiger partial charge on any atom is -0.548 e. The number of nitrogens with one attached hydrogen (secondary N) is 2. The number of aromatic hydroxyl groups is 1. The highest BCUT2D eigenvalue weighted by molar-refractivity contribution is 7.91. The Balaban J connectivity index is 1.50. The van der Waals surface area contributed by atoms with E-state index in [1.807, 2.05) is 26.8 Å². The first kappa shape index (κ1) is 33.6. The number of anilines is 2. The Kier molecular flexibility index (Phi) is 11.1. The number of H-pyrrole nitrogens is 1. The van der Waals surface area contributed by atoms with E-state index < -0.39 is 33.0 Å². The lowest BCUT2D eigenvalue weighted by atomic mass is 9.85. The van der Waals surface area contributed by atoms with E-state index in [9.17, 15) is 18.1 Å². The highest BCUT2D eigenvalue weighted by Gasteiger charge is 2.31. The van der Waals surface area contributed by atoms with Crippen molar-refractivity contribution >= 4 is 44.0 Å². The Morgan fingerprint density at radius 2 is 1.95 bits per heavy atom. The largest absolute Gasteiger partial charge is 0.548 e. The van der Waals surface area contributed by atoms with Crippen LogP contribution in [0.2, 0.25) is 0 Å². The number of furan rings is 1. The molecule has 4 rings (SSSR count). The Bertz CT molecular complexity index is 1510. The monoisotopic (exact) mass is 655 g/mol.